The second kappa shape index (κ2) is 6.42. The van der Waals surface area contributed by atoms with Crippen molar-refractivity contribution in [3.05, 3.63) is 12.7 Å². The lowest BCUT2D eigenvalue weighted by Crippen LogP contribution is -2.18. The van der Waals surface area contributed by atoms with E-state index in [1.165, 1.54) is 6.92 Å². The Balaban J connectivity index is 4.18. The molecule has 0 rings (SSSR count). The molecule has 0 aromatic carbocycles. The number of phosphoric acid groups is 2. The molecule has 0 bridgehead atoms. The smallest absolute Gasteiger partial charge is 0.457 e. The molecule has 0 amide bonds. The topological polar surface area (TPSA) is 140 Å². The lowest BCUT2D eigenvalue weighted by atomic mass is 10.4. The molecule has 0 aliphatic rings. The number of rotatable bonds is 7. The van der Waals surface area contributed by atoms with Gasteiger partial charge in [0.25, 0.3) is 0 Å². The molecule has 0 saturated heterocycles. The fraction of sp³-hybridized carbons (Fsp3) is 0.500. The third-order valence-electron chi connectivity index (χ3n) is 1.17. The zero-order chi connectivity index (χ0) is 13.7. The van der Waals surface area contributed by atoms with Crippen LogP contribution in [-0.4, -0.2) is 33.4 Å². The highest BCUT2D eigenvalue weighted by Gasteiger charge is 2.32. The Kier molecular flexibility index (Phi) is 6.22. The molecule has 100 valence electrons. The summed E-state index contributed by atoms with van der Waals surface area (Å²) in [5, 5.41) is 0. The minimum absolute atomic E-state index is 0.576. The summed E-state index contributed by atoms with van der Waals surface area (Å²) in [5.74, 6) is -0.773. The van der Waals surface area contributed by atoms with Crippen molar-refractivity contribution in [1.82, 2.24) is 0 Å². The molecule has 0 saturated carbocycles. The Morgan fingerprint density at radius 1 is 1.41 bits per heavy atom. The number of hydrogen-bond acceptors (Lipinski definition) is 6. The predicted molar refractivity (Wildman–Crippen MR) is 54.7 cm³/mol. The van der Waals surface area contributed by atoms with Gasteiger partial charge in [-0.1, -0.05) is 6.58 Å². The summed E-state index contributed by atoms with van der Waals surface area (Å²) in [6.45, 7) is 3.88. The van der Waals surface area contributed by atoms with Gasteiger partial charge < -0.3 is 19.4 Å². The van der Waals surface area contributed by atoms with Crippen LogP contribution in [0.1, 0.15) is 6.92 Å². The minimum Gasteiger partial charge on any atom is -0.457 e. The van der Waals surface area contributed by atoms with E-state index in [0.717, 1.165) is 6.08 Å². The highest BCUT2D eigenvalue weighted by molar-refractivity contribution is 7.60. The molecule has 0 aromatic heterocycles. The maximum absolute atomic E-state index is 10.9. The number of carbonyl (C=O) groups is 1. The molecule has 3 N–H and O–H groups in total. The molecule has 2 unspecified atom stereocenters. The fourth-order valence-electron chi connectivity index (χ4n) is 0.638. The zero-order valence-electron chi connectivity index (χ0n) is 8.75. The summed E-state index contributed by atoms with van der Waals surface area (Å²) in [4.78, 5) is 36.1. The molecule has 0 aliphatic heterocycles. The van der Waals surface area contributed by atoms with Crippen LogP contribution >= 0.6 is 15.6 Å². The lowest BCUT2D eigenvalue weighted by molar-refractivity contribution is -0.143. The largest absolute Gasteiger partial charge is 0.481 e. The number of ether oxygens (including phenoxy) is 1. The third kappa shape index (κ3) is 9.20. The van der Waals surface area contributed by atoms with E-state index in [-0.39, 0.29) is 0 Å². The van der Waals surface area contributed by atoms with Crippen LogP contribution in [-0.2, 0) is 27.5 Å². The zero-order valence-corrected chi connectivity index (χ0v) is 10.5. The van der Waals surface area contributed by atoms with Gasteiger partial charge in [0.2, 0.25) is 0 Å². The van der Waals surface area contributed by atoms with E-state index in [0.29, 0.717) is 0 Å². The van der Waals surface area contributed by atoms with E-state index in [4.69, 9.17) is 14.7 Å². The van der Waals surface area contributed by atoms with E-state index in [2.05, 4.69) is 20.2 Å². The normalized spacial score (nSPS) is 16.9. The summed E-state index contributed by atoms with van der Waals surface area (Å²) < 4.78 is 33.5. The molecule has 17 heavy (non-hydrogen) atoms. The molecule has 9 nitrogen and oxygen atoms in total. The molecule has 0 aromatic rings. The van der Waals surface area contributed by atoms with Crippen LogP contribution in [0.2, 0.25) is 0 Å². The van der Waals surface area contributed by atoms with E-state index in [1.54, 1.807) is 0 Å². The van der Waals surface area contributed by atoms with Gasteiger partial charge in [-0.05, 0) is 6.92 Å². The molecule has 0 heterocycles. The molecule has 0 radical (unpaired) electrons. The summed E-state index contributed by atoms with van der Waals surface area (Å²) in [6, 6.07) is 0. The van der Waals surface area contributed by atoms with Crippen molar-refractivity contribution in [2.45, 2.75) is 13.0 Å². The van der Waals surface area contributed by atoms with Crippen LogP contribution in [0.25, 0.3) is 0 Å². The van der Waals surface area contributed by atoms with Gasteiger partial charge in [0.05, 0.1) is 6.61 Å². The van der Waals surface area contributed by atoms with Crippen molar-refractivity contribution < 1.29 is 42.2 Å². The van der Waals surface area contributed by atoms with Gasteiger partial charge in [0, 0.05) is 6.08 Å². The third-order valence-corrected chi connectivity index (χ3v) is 3.32. The second-order valence-electron chi connectivity index (χ2n) is 2.79. The van der Waals surface area contributed by atoms with Gasteiger partial charge in [-0.25, -0.2) is 13.9 Å². The first-order chi connectivity index (χ1) is 7.56. The molecule has 0 fully saturated rings. The van der Waals surface area contributed by atoms with Crippen molar-refractivity contribution >= 4 is 21.6 Å². The molecule has 11 heteroatoms. The maximum atomic E-state index is 10.9. The Bertz CT molecular complexity index is 372. The summed E-state index contributed by atoms with van der Waals surface area (Å²) in [6.07, 6.45) is -0.0392. The minimum atomic E-state index is -5.14. The fourth-order valence-corrected chi connectivity index (χ4v) is 2.30. The maximum Gasteiger partial charge on any atom is 0.481 e. The van der Waals surface area contributed by atoms with Crippen molar-refractivity contribution in [2.24, 2.45) is 0 Å². The average molecular weight is 290 g/mol. The van der Waals surface area contributed by atoms with Gasteiger partial charge in [-0.2, -0.15) is 4.31 Å². The molecular weight excluding hydrogens is 278 g/mol. The molecule has 0 spiro atoms. The van der Waals surface area contributed by atoms with Crippen LogP contribution in [0.15, 0.2) is 12.7 Å². The van der Waals surface area contributed by atoms with Gasteiger partial charge in [0.1, 0.15) is 6.10 Å². The predicted octanol–water partition coefficient (Wildman–Crippen LogP) is 0.330. The average Bonchev–Trinajstić information content (AvgIpc) is 2.11. The van der Waals surface area contributed by atoms with Gasteiger partial charge >= 0.3 is 21.6 Å². The van der Waals surface area contributed by atoms with E-state index >= 15 is 0 Å². The highest BCUT2D eigenvalue weighted by Crippen LogP contribution is 2.57. The van der Waals surface area contributed by atoms with Gasteiger partial charge in [-0.3, -0.25) is 4.52 Å². The SMILES string of the molecule is C=CC(=O)OC(C)COP(=O)(O)OP(=O)(O)O. The van der Waals surface area contributed by atoms with Gasteiger partial charge in [-0.15, -0.1) is 0 Å². The molecular formula is C6H12O9P2. The number of phosphoric ester groups is 1. The Labute approximate surface area is 96.9 Å². The Morgan fingerprint density at radius 3 is 2.35 bits per heavy atom. The first-order valence-electron chi connectivity index (χ1n) is 4.13. The van der Waals surface area contributed by atoms with Crippen molar-refractivity contribution in [3.63, 3.8) is 0 Å². The quantitative estimate of drug-likeness (QED) is 0.343. The summed E-state index contributed by atoms with van der Waals surface area (Å²) in [5.41, 5.74) is 0. The van der Waals surface area contributed by atoms with Crippen LogP contribution in [0.5, 0.6) is 0 Å². The standard InChI is InChI=1S/C6H12O9P2/c1-3-6(7)14-5(2)4-13-17(11,12)15-16(8,9)10/h3,5H,1,4H2,2H3,(H,11,12)(H2,8,9,10). The van der Waals surface area contributed by atoms with Crippen molar-refractivity contribution in [2.75, 3.05) is 6.61 Å². The van der Waals surface area contributed by atoms with Crippen LogP contribution in [0, 0.1) is 0 Å². The molecule has 2 atom stereocenters. The lowest BCUT2D eigenvalue weighted by Gasteiger charge is -2.15. The number of hydrogen-bond donors (Lipinski definition) is 3. The van der Waals surface area contributed by atoms with E-state index in [9.17, 15) is 13.9 Å². The monoisotopic (exact) mass is 290 g/mol. The Morgan fingerprint density at radius 2 is 1.94 bits per heavy atom. The van der Waals surface area contributed by atoms with Crippen molar-refractivity contribution in [3.8, 4) is 0 Å². The van der Waals surface area contributed by atoms with Gasteiger partial charge in [0.15, 0.2) is 0 Å². The van der Waals surface area contributed by atoms with Crippen molar-refractivity contribution in [1.29, 1.82) is 0 Å². The van der Waals surface area contributed by atoms with E-state index < -0.39 is 34.3 Å². The molecule has 0 aliphatic carbocycles. The number of esters is 1. The second-order valence-corrected chi connectivity index (χ2v) is 5.62. The first-order valence-corrected chi connectivity index (χ1v) is 7.15. The first kappa shape index (κ1) is 16.5. The summed E-state index contributed by atoms with van der Waals surface area (Å²) >= 11 is 0. The Hall–Kier alpha value is -0.530. The van der Waals surface area contributed by atoms with E-state index in [1.807, 2.05) is 0 Å². The highest BCUT2D eigenvalue weighted by atomic mass is 31.3. The summed E-state index contributed by atoms with van der Waals surface area (Å²) in [7, 11) is -10.0. The van der Waals surface area contributed by atoms with Crippen LogP contribution in [0.4, 0.5) is 0 Å². The van der Waals surface area contributed by atoms with Crippen LogP contribution in [0.3, 0.4) is 0 Å². The van der Waals surface area contributed by atoms with Crippen LogP contribution < -0.4 is 0 Å². The number of carbonyl (C=O) groups excluding carboxylic acids is 1.